The first kappa shape index (κ1) is 22.3. The maximum atomic E-state index is 12.1. The molecule has 168 valence electrons. The zero-order valence-corrected chi connectivity index (χ0v) is 18.8. The van der Waals surface area contributed by atoms with Gasteiger partial charge in [-0.15, -0.1) is 0 Å². The van der Waals surface area contributed by atoms with Crippen molar-refractivity contribution in [2.24, 2.45) is 10.8 Å². The Morgan fingerprint density at radius 1 is 1.31 bits per heavy atom. The van der Waals surface area contributed by atoms with Crippen LogP contribution in [0.1, 0.15) is 38.2 Å². The monoisotopic (exact) mass is 455 g/mol. The Labute approximate surface area is 186 Å². The molecule has 1 atom stereocenters. The van der Waals surface area contributed by atoms with Crippen LogP contribution in [0.3, 0.4) is 0 Å². The van der Waals surface area contributed by atoms with Crippen molar-refractivity contribution in [2.45, 2.75) is 43.9 Å². The Bertz CT molecular complexity index is 1300. The number of sulfone groups is 1. The highest BCUT2D eigenvalue weighted by Gasteiger charge is 2.66. The van der Waals surface area contributed by atoms with Crippen LogP contribution in [0.5, 0.6) is 0 Å². The Kier molecular flexibility index (Phi) is 5.33. The fraction of sp³-hybridized carbons (Fsp3) is 0.478. The van der Waals surface area contributed by atoms with Crippen LogP contribution >= 0.6 is 0 Å². The van der Waals surface area contributed by atoms with Crippen LogP contribution < -0.4 is 5.48 Å². The highest BCUT2D eigenvalue weighted by atomic mass is 32.2. The number of fused-ring (bicyclic) bond motifs is 1. The Balaban J connectivity index is 1.45. The number of nitrogens with zero attached hydrogens (tertiary/aromatic N) is 2. The van der Waals surface area contributed by atoms with Gasteiger partial charge in [-0.25, -0.2) is 13.9 Å². The number of carbonyl (C=O) groups is 1. The number of amides is 1. The molecule has 9 heteroatoms. The predicted octanol–water partition coefficient (Wildman–Crippen LogP) is 1.25. The summed E-state index contributed by atoms with van der Waals surface area (Å²) in [5.74, 6) is 11.1. The number of aliphatic hydroxyl groups is 1. The summed E-state index contributed by atoms with van der Waals surface area (Å²) >= 11 is 0. The topological polar surface area (TPSA) is 122 Å². The standard InChI is InChI=1S/C23H25N3O5S/c1-21(20(28)25-29,32(2,30)31)9-10-26-12-18-11-17(6-7-19(18)24-26)5-3-4-8-22-13-23(14-22,15-22)16-27/h6-7,11-12,27,29H,9-10,13-16H2,1-2H3,(H,25,28). The van der Waals surface area contributed by atoms with Crippen molar-refractivity contribution in [1.29, 1.82) is 0 Å². The van der Waals surface area contributed by atoms with Gasteiger partial charge in [-0.2, -0.15) is 5.10 Å². The highest BCUT2D eigenvalue weighted by Crippen LogP contribution is 2.72. The Morgan fingerprint density at radius 3 is 2.66 bits per heavy atom. The molecule has 5 rings (SSSR count). The van der Waals surface area contributed by atoms with Gasteiger partial charge in [0.05, 0.1) is 5.52 Å². The molecule has 1 aromatic heterocycles. The summed E-state index contributed by atoms with van der Waals surface area (Å²) in [4.78, 5) is 12.0. The highest BCUT2D eigenvalue weighted by molar-refractivity contribution is 7.92. The molecule has 0 saturated heterocycles. The number of aromatic nitrogens is 2. The predicted molar refractivity (Wildman–Crippen MR) is 118 cm³/mol. The van der Waals surface area contributed by atoms with Crippen molar-refractivity contribution >= 4 is 26.6 Å². The van der Waals surface area contributed by atoms with E-state index >= 15 is 0 Å². The first-order valence-corrected chi connectivity index (χ1v) is 12.2. The lowest BCUT2D eigenvalue weighted by Gasteiger charge is -2.67. The number of hydrogen-bond donors (Lipinski definition) is 3. The SMILES string of the molecule is CC(CCn1cc2cc(C#CC#CC34CC(CO)(C3)C4)ccc2n1)(C(=O)NO)S(C)(=O)=O. The van der Waals surface area contributed by atoms with Gasteiger partial charge in [0, 0.05) is 42.0 Å². The second-order valence-electron chi connectivity index (χ2n) is 9.33. The minimum absolute atomic E-state index is 0.0478. The van der Waals surface area contributed by atoms with E-state index in [4.69, 9.17) is 5.21 Å². The fourth-order valence-electron chi connectivity index (χ4n) is 4.75. The van der Waals surface area contributed by atoms with Gasteiger partial charge in [0.25, 0.3) is 5.91 Å². The van der Waals surface area contributed by atoms with Crippen LogP contribution in [-0.4, -0.2) is 52.0 Å². The van der Waals surface area contributed by atoms with Gasteiger partial charge in [0.2, 0.25) is 0 Å². The molecule has 1 heterocycles. The van der Waals surface area contributed by atoms with Crippen LogP contribution in [-0.2, 0) is 21.2 Å². The molecule has 3 N–H and O–H groups in total. The molecule has 3 saturated carbocycles. The summed E-state index contributed by atoms with van der Waals surface area (Å²) in [7, 11) is -3.76. The first-order valence-electron chi connectivity index (χ1n) is 10.3. The van der Waals surface area contributed by atoms with Crippen LogP contribution in [0.15, 0.2) is 24.4 Å². The lowest BCUT2D eigenvalue weighted by molar-refractivity contribution is -0.185. The molecule has 2 aromatic rings. The summed E-state index contributed by atoms with van der Waals surface area (Å²) in [6, 6.07) is 5.55. The zero-order valence-electron chi connectivity index (χ0n) is 18.0. The second kappa shape index (κ2) is 7.63. The molecule has 0 spiro atoms. The molecule has 1 unspecified atom stereocenters. The van der Waals surface area contributed by atoms with Crippen LogP contribution in [0, 0.1) is 34.5 Å². The molecule has 0 radical (unpaired) electrons. The first-order chi connectivity index (χ1) is 15.0. The number of hydrogen-bond acceptors (Lipinski definition) is 6. The van der Waals surface area contributed by atoms with Gasteiger partial charge < -0.3 is 5.11 Å². The average molecular weight is 456 g/mol. The van der Waals surface area contributed by atoms with Crippen molar-refractivity contribution in [3.05, 3.63) is 30.0 Å². The molecule has 3 aliphatic rings. The van der Waals surface area contributed by atoms with Gasteiger partial charge >= 0.3 is 0 Å². The van der Waals surface area contributed by atoms with Crippen molar-refractivity contribution in [3.8, 4) is 23.7 Å². The summed E-state index contributed by atoms with van der Waals surface area (Å²) in [6.07, 6.45) is 5.59. The second-order valence-corrected chi connectivity index (χ2v) is 11.8. The van der Waals surface area contributed by atoms with Gasteiger partial charge in [-0.3, -0.25) is 14.7 Å². The van der Waals surface area contributed by atoms with E-state index in [0.717, 1.165) is 42.0 Å². The molecule has 3 fully saturated rings. The number of nitrogens with one attached hydrogen (secondary N) is 1. The van der Waals surface area contributed by atoms with E-state index in [0.29, 0.717) is 0 Å². The number of hydroxylamine groups is 1. The summed E-state index contributed by atoms with van der Waals surface area (Å²) in [5, 5.41) is 23.5. The number of aliphatic hydroxyl groups excluding tert-OH is 1. The molecule has 3 aliphatic carbocycles. The van der Waals surface area contributed by atoms with E-state index in [1.807, 2.05) is 18.2 Å². The number of rotatable bonds is 6. The van der Waals surface area contributed by atoms with E-state index < -0.39 is 20.5 Å². The normalized spacial score (nSPS) is 25.2. The maximum absolute atomic E-state index is 12.1. The third kappa shape index (κ3) is 3.77. The van der Waals surface area contributed by atoms with Crippen molar-refractivity contribution < 1.29 is 23.5 Å². The summed E-state index contributed by atoms with van der Waals surface area (Å²) in [6.45, 7) is 1.70. The molecule has 0 aliphatic heterocycles. The number of carbonyl (C=O) groups excluding carboxylic acids is 1. The number of aryl methyl sites for hydroxylation is 1. The van der Waals surface area contributed by atoms with Crippen LogP contribution in [0.2, 0.25) is 0 Å². The van der Waals surface area contributed by atoms with Crippen molar-refractivity contribution in [2.75, 3.05) is 12.9 Å². The maximum Gasteiger partial charge on any atom is 0.264 e. The molecule has 1 aromatic carbocycles. The molecule has 2 bridgehead atoms. The minimum atomic E-state index is -3.76. The summed E-state index contributed by atoms with van der Waals surface area (Å²) in [5.41, 5.74) is 3.15. The van der Waals surface area contributed by atoms with Gasteiger partial charge in [-0.1, -0.05) is 11.8 Å². The minimum Gasteiger partial charge on any atom is -0.396 e. The molecular formula is C23H25N3O5S. The zero-order chi connectivity index (χ0) is 23.2. The van der Waals surface area contributed by atoms with E-state index in [1.165, 1.54) is 12.4 Å². The van der Waals surface area contributed by atoms with E-state index in [-0.39, 0.29) is 30.4 Å². The molecule has 32 heavy (non-hydrogen) atoms. The smallest absolute Gasteiger partial charge is 0.264 e. The van der Waals surface area contributed by atoms with E-state index in [1.54, 1.807) is 10.9 Å². The number of benzene rings is 1. The van der Waals surface area contributed by atoms with Crippen LogP contribution in [0.25, 0.3) is 10.9 Å². The Hall–Kier alpha value is -2.85. The fourth-order valence-corrected chi connectivity index (χ4v) is 5.59. The average Bonchev–Trinajstić information content (AvgIpc) is 3.10. The van der Waals surface area contributed by atoms with Crippen LogP contribution in [0.4, 0.5) is 0 Å². The van der Waals surface area contributed by atoms with Gasteiger partial charge in [0.15, 0.2) is 14.6 Å². The third-order valence-electron chi connectivity index (χ3n) is 6.84. The quantitative estimate of drug-likeness (QED) is 0.342. The van der Waals surface area contributed by atoms with Gasteiger partial charge in [-0.05, 0) is 68.1 Å². The molecular weight excluding hydrogens is 430 g/mol. The van der Waals surface area contributed by atoms with E-state index in [2.05, 4.69) is 28.8 Å². The Morgan fingerprint density at radius 2 is 2.03 bits per heavy atom. The largest absolute Gasteiger partial charge is 0.396 e. The van der Waals surface area contributed by atoms with Gasteiger partial charge in [0.1, 0.15) is 0 Å². The third-order valence-corrected chi connectivity index (χ3v) is 8.87. The summed E-state index contributed by atoms with van der Waals surface area (Å²) < 4.78 is 24.0. The van der Waals surface area contributed by atoms with E-state index in [9.17, 15) is 18.3 Å². The van der Waals surface area contributed by atoms with Crippen molar-refractivity contribution in [1.82, 2.24) is 15.3 Å². The molecule has 1 amide bonds. The molecule has 8 nitrogen and oxygen atoms in total. The lowest BCUT2D eigenvalue weighted by atomic mass is 9.36. The lowest BCUT2D eigenvalue weighted by Crippen LogP contribution is -2.62. The van der Waals surface area contributed by atoms with Crippen molar-refractivity contribution in [3.63, 3.8) is 0 Å².